The maximum Gasteiger partial charge on any atom is 0.223 e. The van der Waals surface area contributed by atoms with Crippen molar-refractivity contribution >= 4 is 17.3 Å². The van der Waals surface area contributed by atoms with Crippen LogP contribution in [0.15, 0.2) is 18.2 Å². The van der Waals surface area contributed by atoms with Crippen molar-refractivity contribution < 1.29 is 9.90 Å². The lowest BCUT2D eigenvalue weighted by Crippen LogP contribution is -2.39. The summed E-state index contributed by atoms with van der Waals surface area (Å²) in [7, 11) is 0. The number of hydrogen-bond donors (Lipinski definition) is 2. The third-order valence-corrected chi connectivity index (χ3v) is 3.80. The van der Waals surface area contributed by atoms with Gasteiger partial charge in [0.05, 0.1) is 11.6 Å². The molecule has 0 aromatic heterocycles. The van der Waals surface area contributed by atoms with Crippen LogP contribution >= 0.6 is 0 Å². The lowest BCUT2D eigenvalue weighted by atomic mass is 10.0. The SMILES string of the molecule is CC(=O)N1CCc2cc(NC(C)C(C)(C)O)ccc21. The van der Waals surface area contributed by atoms with E-state index in [1.54, 1.807) is 25.7 Å². The predicted octanol–water partition coefficient (Wildman–Crippen LogP) is 2.17. The van der Waals surface area contributed by atoms with Crippen molar-refractivity contribution in [2.45, 2.75) is 45.8 Å². The van der Waals surface area contributed by atoms with E-state index in [9.17, 15) is 9.90 Å². The van der Waals surface area contributed by atoms with Crippen LogP contribution in [0.3, 0.4) is 0 Å². The Morgan fingerprint density at radius 2 is 2.16 bits per heavy atom. The highest BCUT2D eigenvalue weighted by atomic mass is 16.3. The first-order chi connectivity index (χ1) is 8.79. The average molecular weight is 262 g/mol. The first-order valence-electron chi connectivity index (χ1n) is 6.69. The second-order valence-corrected chi connectivity index (χ2v) is 5.78. The van der Waals surface area contributed by atoms with Crippen molar-refractivity contribution in [1.82, 2.24) is 0 Å². The van der Waals surface area contributed by atoms with E-state index in [0.717, 1.165) is 24.3 Å². The first-order valence-corrected chi connectivity index (χ1v) is 6.69. The fourth-order valence-corrected chi connectivity index (χ4v) is 2.25. The molecule has 1 aliphatic heterocycles. The highest BCUT2D eigenvalue weighted by Crippen LogP contribution is 2.31. The van der Waals surface area contributed by atoms with Crippen molar-refractivity contribution in [3.63, 3.8) is 0 Å². The highest BCUT2D eigenvalue weighted by molar-refractivity contribution is 5.94. The van der Waals surface area contributed by atoms with Crippen molar-refractivity contribution in [2.75, 3.05) is 16.8 Å². The van der Waals surface area contributed by atoms with Gasteiger partial charge < -0.3 is 15.3 Å². The molecule has 0 spiro atoms. The number of rotatable bonds is 3. The molecule has 0 saturated heterocycles. The molecule has 1 aromatic carbocycles. The molecule has 19 heavy (non-hydrogen) atoms. The van der Waals surface area contributed by atoms with E-state index in [0.29, 0.717) is 0 Å². The van der Waals surface area contributed by atoms with Crippen LogP contribution in [0.25, 0.3) is 0 Å². The zero-order valence-electron chi connectivity index (χ0n) is 12.0. The van der Waals surface area contributed by atoms with Crippen LogP contribution < -0.4 is 10.2 Å². The second-order valence-electron chi connectivity index (χ2n) is 5.78. The van der Waals surface area contributed by atoms with Gasteiger partial charge in [-0.3, -0.25) is 4.79 Å². The molecule has 1 atom stereocenters. The number of nitrogens with one attached hydrogen (secondary N) is 1. The summed E-state index contributed by atoms with van der Waals surface area (Å²) >= 11 is 0. The number of nitrogens with zero attached hydrogens (tertiary/aromatic N) is 1. The third-order valence-electron chi connectivity index (χ3n) is 3.80. The summed E-state index contributed by atoms with van der Waals surface area (Å²) in [6, 6.07) is 5.96. The quantitative estimate of drug-likeness (QED) is 0.877. The minimum Gasteiger partial charge on any atom is -0.388 e. The fourth-order valence-electron chi connectivity index (χ4n) is 2.25. The fraction of sp³-hybridized carbons (Fsp3) is 0.533. The van der Waals surface area contributed by atoms with E-state index in [2.05, 4.69) is 11.4 Å². The Morgan fingerprint density at radius 1 is 1.47 bits per heavy atom. The molecule has 104 valence electrons. The van der Waals surface area contributed by atoms with Gasteiger partial charge in [-0.25, -0.2) is 0 Å². The van der Waals surface area contributed by atoms with E-state index in [1.807, 2.05) is 19.1 Å². The van der Waals surface area contributed by atoms with Gasteiger partial charge in [-0.2, -0.15) is 0 Å². The number of hydrogen-bond acceptors (Lipinski definition) is 3. The molecule has 2 rings (SSSR count). The predicted molar refractivity (Wildman–Crippen MR) is 77.6 cm³/mol. The molecule has 0 fully saturated rings. The lowest BCUT2D eigenvalue weighted by Gasteiger charge is -2.28. The van der Waals surface area contributed by atoms with E-state index in [-0.39, 0.29) is 11.9 Å². The van der Waals surface area contributed by atoms with Crippen LogP contribution in [0.2, 0.25) is 0 Å². The van der Waals surface area contributed by atoms with Gasteiger partial charge in [-0.05, 0) is 51.0 Å². The second kappa shape index (κ2) is 4.85. The van der Waals surface area contributed by atoms with Crippen LogP contribution in [-0.4, -0.2) is 29.2 Å². The van der Waals surface area contributed by atoms with Gasteiger partial charge in [0.2, 0.25) is 5.91 Å². The van der Waals surface area contributed by atoms with Crippen molar-refractivity contribution in [1.29, 1.82) is 0 Å². The van der Waals surface area contributed by atoms with Gasteiger partial charge in [-0.1, -0.05) is 0 Å². The van der Waals surface area contributed by atoms with E-state index in [4.69, 9.17) is 0 Å². The molecule has 0 saturated carbocycles. The summed E-state index contributed by atoms with van der Waals surface area (Å²) in [5.74, 6) is 0.0873. The molecule has 4 heteroatoms. The Balaban J connectivity index is 2.17. The zero-order chi connectivity index (χ0) is 14.2. The molecular formula is C15H22N2O2. The van der Waals surface area contributed by atoms with Gasteiger partial charge in [0.15, 0.2) is 0 Å². The number of carbonyl (C=O) groups is 1. The molecule has 1 aliphatic rings. The number of amides is 1. The number of fused-ring (bicyclic) bond motifs is 1. The lowest BCUT2D eigenvalue weighted by molar-refractivity contribution is -0.116. The molecule has 1 amide bonds. The summed E-state index contributed by atoms with van der Waals surface area (Å²) in [5.41, 5.74) is 2.40. The molecule has 0 radical (unpaired) electrons. The number of benzene rings is 1. The molecule has 1 unspecified atom stereocenters. The summed E-state index contributed by atoms with van der Waals surface area (Å²) in [4.78, 5) is 13.3. The van der Waals surface area contributed by atoms with Crippen LogP contribution in [0, 0.1) is 0 Å². The van der Waals surface area contributed by atoms with Crippen LogP contribution in [-0.2, 0) is 11.2 Å². The third kappa shape index (κ3) is 2.89. The van der Waals surface area contributed by atoms with Crippen molar-refractivity contribution in [2.24, 2.45) is 0 Å². The molecule has 1 aromatic rings. The minimum atomic E-state index is -0.773. The first kappa shape index (κ1) is 13.9. The number of anilines is 2. The highest BCUT2D eigenvalue weighted by Gasteiger charge is 2.24. The Hall–Kier alpha value is -1.55. The molecule has 1 heterocycles. The largest absolute Gasteiger partial charge is 0.388 e. The van der Waals surface area contributed by atoms with Gasteiger partial charge in [-0.15, -0.1) is 0 Å². The van der Waals surface area contributed by atoms with Gasteiger partial charge in [0, 0.05) is 24.8 Å². The zero-order valence-corrected chi connectivity index (χ0v) is 12.0. The Kier molecular flexibility index (Phi) is 3.54. The molecule has 4 nitrogen and oxygen atoms in total. The maximum absolute atomic E-state index is 11.5. The van der Waals surface area contributed by atoms with E-state index >= 15 is 0 Å². The van der Waals surface area contributed by atoms with Crippen LogP contribution in [0.1, 0.15) is 33.3 Å². The standard InChI is InChI=1S/C15H22N2O2/c1-10(15(3,4)19)16-13-5-6-14-12(9-13)7-8-17(14)11(2)18/h5-6,9-10,16,19H,7-8H2,1-4H3. The topological polar surface area (TPSA) is 52.6 Å². The average Bonchev–Trinajstić information content (AvgIpc) is 2.70. The minimum absolute atomic E-state index is 0.0455. The Bertz CT molecular complexity index is 491. The molecule has 0 aliphatic carbocycles. The van der Waals surface area contributed by atoms with Gasteiger partial charge in [0.25, 0.3) is 0 Å². The van der Waals surface area contributed by atoms with Crippen LogP contribution in [0.5, 0.6) is 0 Å². The Labute approximate surface area is 114 Å². The van der Waals surface area contributed by atoms with E-state index < -0.39 is 5.60 Å². The smallest absolute Gasteiger partial charge is 0.223 e. The van der Waals surface area contributed by atoms with Crippen molar-refractivity contribution in [3.8, 4) is 0 Å². The normalized spacial score (nSPS) is 16.2. The monoisotopic (exact) mass is 262 g/mol. The van der Waals surface area contributed by atoms with Gasteiger partial charge in [0.1, 0.15) is 0 Å². The van der Waals surface area contributed by atoms with E-state index in [1.165, 1.54) is 5.56 Å². The molecular weight excluding hydrogens is 240 g/mol. The number of carbonyl (C=O) groups excluding carboxylic acids is 1. The summed E-state index contributed by atoms with van der Waals surface area (Å²) < 4.78 is 0. The summed E-state index contributed by atoms with van der Waals surface area (Å²) in [6.07, 6.45) is 0.890. The number of aliphatic hydroxyl groups is 1. The maximum atomic E-state index is 11.5. The summed E-state index contributed by atoms with van der Waals surface area (Å²) in [6.45, 7) is 7.88. The Morgan fingerprint density at radius 3 is 2.74 bits per heavy atom. The van der Waals surface area contributed by atoms with Gasteiger partial charge >= 0.3 is 0 Å². The van der Waals surface area contributed by atoms with Crippen molar-refractivity contribution in [3.05, 3.63) is 23.8 Å². The molecule has 0 bridgehead atoms. The summed E-state index contributed by atoms with van der Waals surface area (Å²) in [5, 5.41) is 13.2. The van der Waals surface area contributed by atoms with Crippen LogP contribution in [0.4, 0.5) is 11.4 Å². The molecule has 2 N–H and O–H groups in total.